The van der Waals surface area contributed by atoms with Gasteiger partial charge in [0.2, 0.25) is 0 Å². The number of rotatable bonds is 4. The van der Waals surface area contributed by atoms with E-state index >= 15 is 0 Å². The maximum absolute atomic E-state index is 11.6. The standard InChI is InChI=1S/C12H22N2O4/c1-8(11(16)14-12(17)13-2)18-10-5-3-9(7-15)4-6-10/h8-10,15H,3-7H2,1-2H3,(H2,13,14,16,17). The lowest BCUT2D eigenvalue weighted by molar-refractivity contribution is -0.135. The summed E-state index contributed by atoms with van der Waals surface area (Å²) in [6.07, 6.45) is 2.94. The molecule has 3 N–H and O–H groups in total. The van der Waals surface area contributed by atoms with Gasteiger partial charge in [-0.25, -0.2) is 4.79 Å². The van der Waals surface area contributed by atoms with Crippen molar-refractivity contribution in [2.24, 2.45) is 5.92 Å². The minimum Gasteiger partial charge on any atom is -0.396 e. The third kappa shape index (κ3) is 4.62. The Hall–Kier alpha value is -1.14. The SMILES string of the molecule is CNC(=O)NC(=O)C(C)OC1CCC(CO)CC1. The molecule has 0 aliphatic heterocycles. The molecule has 0 aromatic heterocycles. The van der Waals surface area contributed by atoms with Crippen LogP contribution in [0.4, 0.5) is 4.79 Å². The predicted molar refractivity (Wildman–Crippen MR) is 66.0 cm³/mol. The Morgan fingerprint density at radius 1 is 1.33 bits per heavy atom. The van der Waals surface area contributed by atoms with Crippen LogP contribution in [0.15, 0.2) is 0 Å². The van der Waals surface area contributed by atoms with Gasteiger partial charge in [-0.05, 0) is 38.5 Å². The lowest BCUT2D eigenvalue weighted by Crippen LogP contribution is -2.44. The van der Waals surface area contributed by atoms with Crippen molar-refractivity contribution < 1.29 is 19.4 Å². The van der Waals surface area contributed by atoms with E-state index in [-0.39, 0.29) is 12.7 Å². The van der Waals surface area contributed by atoms with Crippen molar-refractivity contribution in [3.05, 3.63) is 0 Å². The molecule has 0 aromatic rings. The van der Waals surface area contributed by atoms with Crippen LogP contribution in [0.2, 0.25) is 0 Å². The van der Waals surface area contributed by atoms with Gasteiger partial charge in [-0.3, -0.25) is 10.1 Å². The molecule has 104 valence electrons. The molecule has 0 aromatic carbocycles. The van der Waals surface area contributed by atoms with Crippen LogP contribution < -0.4 is 10.6 Å². The largest absolute Gasteiger partial charge is 0.396 e. The van der Waals surface area contributed by atoms with Crippen molar-refractivity contribution in [3.63, 3.8) is 0 Å². The van der Waals surface area contributed by atoms with Crippen molar-refractivity contribution in [2.45, 2.75) is 44.8 Å². The van der Waals surface area contributed by atoms with Crippen LogP contribution in [-0.2, 0) is 9.53 Å². The topological polar surface area (TPSA) is 87.7 Å². The number of aliphatic hydroxyl groups is 1. The third-order valence-electron chi connectivity index (χ3n) is 3.28. The Bertz CT molecular complexity index is 288. The van der Waals surface area contributed by atoms with Crippen LogP contribution >= 0.6 is 0 Å². The molecular formula is C12H22N2O4. The summed E-state index contributed by atoms with van der Waals surface area (Å²) in [4.78, 5) is 22.5. The fourth-order valence-corrected chi connectivity index (χ4v) is 2.08. The van der Waals surface area contributed by atoms with E-state index in [1.165, 1.54) is 7.05 Å². The van der Waals surface area contributed by atoms with E-state index in [0.29, 0.717) is 5.92 Å². The van der Waals surface area contributed by atoms with Crippen LogP contribution in [0, 0.1) is 5.92 Å². The molecule has 0 bridgehead atoms. The fraction of sp³-hybridized carbons (Fsp3) is 0.833. The number of hydrogen-bond donors (Lipinski definition) is 3. The van der Waals surface area contributed by atoms with E-state index in [4.69, 9.17) is 9.84 Å². The first-order chi connectivity index (χ1) is 8.56. The third-order valence-corrected chi connectivity index (χ3v) is 3.28. The summed E-state index contributed by atoms with van der Waals surface area (Å²) in [5.41, 5.74) is 0. The zero-order valence-electron chi connectivity index (χ0n) is 10.9. The average molecular weight is 258 g/mol. The van der Waals surface area contributed by atoms with Crippen molar-refractivity contribution in [1.82, 2.24) is 10.6 Å². The first-order valence-electron chi connectivity index (χ1n) is 6.35. The second-order valence-electron chi connectivity index (χ2n) is 4.67. The van der Waals surface area contributed by atoms with Gasteiger partial charge in [0.25, 0.3) is 5.91 Å². The Kier molecular flexibility index (Phi) is 6.07. The zero-order valence-corrected chi connectivity index (χ0v) is 10.9. The van der Waals surface area contributed by atoms with Gasteiger partial charge in [-0.2, -0.15) is 0 Å². The van der Waals surface area contributed by atoms with Crippen LogP contribution in [-0.4, -0.2) is 42.9 Å². The van der Waals surface area contributed by atoms with E-state index < -0.39 is 18.0 Å². The summed E-state index contributed by atoms with van der Waals surface area (Å²) in [5, 5.41) is 13.5. The summed E-state index contributed by atoms with van der Waals surface area (Å²) >= 11 is 0. The molecular weight excluding hydrogens is 236 g/mol. The molecule has 1 saturated carbocycles. The Morgan fingerprint density at radius 3 is 2.44 bits per heavy atom. The lowest BCUT2D eigenvalue weighted by Gasteiger charge is -2.29. The smallest absolute Gasteiger partial charge is 0.321 e. The van der Waals surface area contributed by atoms with Gasteiger partial charge in [0.1, 0.15) is 6.10 Å². The highest BCUT2D eigenvalue weighted by Gasteiger charge is 2.25. The highest BCUT2D eigenvalue weighted by atomic mass is 16.5. The minimum atomic E-state index is -0.641. The maximum Gasteiger partial charge on any atom is 0.321 e. The number of carbonyl (C=O) groups excluding carboxylic acids is 2. The molecule has 0 heterocycles. The lowest BCUT2D eigenvalue weighted by atomic mass is 9.88. The van der Waals surface area contributed by atoms with Gasteiger partial charge in [0, 0.05) is 13.7 Å². The van der Waals surface area contributed by atoms with E-state index in [0.717, 1.165) is 25.7 Å². The first-order valence-corrected chi connectivity index (χ1v) is 6.35. The summed E-state index contributed by atoms with van der Waals surface area (Å²) in [7, 11) is 1.45. The number of urea groups is 1. The molecule has 1 aliphatic rings. The molecule has 6 heteroatoms. The molecule has 1 fully saturated rings. The van der Waals surface area contributed by atoms with Gasteiger partial charge in [0.15, 0.2) is 0 Å². The van der Waals surface area contributed by atoms with Crippen molar-refractivity contribution in [1.29, 1.82) is 0 Å². The molecule has 3 amide bonds. The predicted octanol–water partition coefficient (Wildman–Crippen LogP) is 0.398. The number of amides is 3. The molecule has 0 spiro atoms. The quantitative estimate of drug-likeness (QED) is 0.681. The molecule has 1 atom stereocenters. The summed E-state index contributed by atoms with van der Waals surface area (Å²) in [6, 6.07) is -0.528. The average Bonchev–Trinajstić information content (AvgIpc) is 2.39. The van der Waals surface area contributed by atoms with Gasteiger partial charge in [0.05, 0.1) is 6.10 Å². The number of nitrogens with one attached hydrogen (secondary N) is 2. The van der Waals surface area contributed by atoms with Crippen molar-refractivity contribution in [2.75, 3.05) is 13.7 Å². The van der Waals surface area contributed by atoms with E-state index in [9.17, 15) is 9.59 Å². The second kappa shape index (κ2) is 7.33. The summed E-state index contributed by atoms with van der Waals surface area (Å²) in [6.45, 7) is 1.86. The normalized spacial score (nSPS) is 25.3. The van der Waals surface area contributed by atoms with E-state index in [1.54, 1.807) is 6.92 Å². The van der Waals surface area contributed by atoms with Gasteiger partial charge in [-0.15, -0.1) is 0 Å². The number of imide groups is 1. The number of carbonyl (C=O) groups is 2. The maximum atomic E-state index is 11.6. The number of ether oxygens (including phenoxy) is 1. The molecule has 0 radical (unpaired) electrons. The monoisotopic (exact) mass is 258 g/mol. The Morgan fingerprint density at radius 2 is 1.94 bits per heavy atom. The van der Waals surface area contributed by atoms with Gasteiger partial charge in [-0.1, -0.05) is 0 Å². The first kappa shape index (κ1) is 14.9. The van der Waals surface area contributed by atoms with Crippen LogP contribution in [0.1, 0.15) is 32.6 Å². The Labute approximate surface area is 107 Å². The zero-order chi connectivity index (χ0) is 13.5. The van der Waals surface area contributed by atoms with Crippen LogP contribution in [0.5, 0.6) is 0 Å². The van der Waals surface area contributed by atoms with Crippen LogP contribution in [0.25, 0.3) is 0 Å². The molecule has 1 rings (SSSR count). The van der Waals surface area contributed by atoms with E-state index in [1.807, 2.05) is 0 Å². The molecule has 6 nitrogen and oxygen atoms in total. The summed E-state index contributed by atoms with van der Waals surface area (Å²) < 4.78 is 5.62. The number of aliphatic hydroxyl groups excluding tert-OH is 1. The van der Waals surface area contributed by atoms with E-state index in [2.05, 4.69) is 10.6 Å². The molecule has 0 saturated heterocycles. The molecule has 18 heavy (non-hydrogen) atoms. The molecule has 1 unspecified atom stereocenters. The minimum absolute atomic E-state index is 0.0400. The molecule has 1 aliphatic carbocycles. The fourth-order valence-electron chi connectivity index (χ4n) is 2.08. The number of hydrogen-bond acceptors (Lipinski definition) is 4. The van der Waals surface area contributed by atoms with Gasteiger partial charge >= 0.3 is 6.03 Å². The Balaban J connectivity index is 2.30. The van der Waals surface area contributed by atoms with Crippen LogP contribution in [0.3, 0.4) is 0 Å². The van der Waals surface area contributed by atoms with Crippen molar-refractivity contribution >= 4 is 11.9 Å². The van der Waals surface area contributed by atoms with Crippen molar-refractivity contribution in [3.8, 4) is 0 Å². The van der Waals surface area contributed by atoms with Gasteiger partial charge < -0.3 is 15.2 Å². The highest BCUT2D eigenvalue weighted by Crippen LogP contribution is 2.26. The summed E-state index contributed by atoms with van der Waals surface area (Å²) in [5.74, 6) is -0.0708. The highest BCUT2D eigenvalue weighted by molar-refractivity contribution is 5.96. The second-order valence-corrected chi connectivity index (χ2v) is 4.67.